The van der Waals surface area contributed by atoms with Crippen LogP contribution in [0.25, 0.3) is 0 Å². The first-order chi connectivity index (χ1) is 9.38. The molecule has 0 aliphatic heterocycles. The van der Waals surface area contributed by atoms with Crippen molar-refractivity contribution in [2.75, 3.05) is 0 Å². The number of halogens is 4. The van der Waals surface area contributed by atoms with Gasteiger partial charge >= 0.3 is 0 Å². The molecule has 2 N–H and O–H groups in total. The van der Waals surface area contributed by atoms with Gasteiger partial charge in [0.15, 0.2) is 11.6 Å². The normalized spacial score (nSPS) is 12.5. The van der Waals surface area contributed by atoms with Crippen LogP contribution in [-0.2, 0) is 6.42 Å². The van der Waals surface area contributed by atoms with Crippen molar-refractivity contribution in [2.24, 2.45) is 5.73 Å². The van der Waals surface area contributed by atoms with Crippen molar-refractivity contribution >= 4 is 0 Å². The maximum atomic E-state index is 13.7. The number of nitrogens with two attached hydrogens (primary N) is 1. The van der Waals surface area contributed by atoms with Crippen LogP contribution in [0.1, 0.15) is 22.7 Å². The molecule has 0 bridgehead atoms. The zero-order valence-corrected chi connectivity index (χ0v) is 10.8. The van der Waals surface area contributed by atoms with Crippen molar-refractivity contribution < 1.29 is 17.6 Å². The molecule has 0 heterocycles. The lowest BCUT2D eigenvalue weighted by atomic mass is 9.98. The zero-order chi connectivity index (χ0) is 14.9. The van der Waals surface area contributed by atoms with Gasteiger partial charge in [-0.1, -0.05) is 6.07 Å². The Morgan fingerprint density at radius 3 is 2.25 bits per heavy atom. The summed E-state index contributed by atoms with van der Waals surface area (Å²) in [6.45, 7) is 1.45. The molecule has 0 aliphatic carbocycles. The summed E-state index contributed by atoms with van der Waals surface area (Å²) in [5.41, 5.74) is 6.42. The summed E-state index contributed by atoms with van der Waals surface area (Å²) in [4.78, 5) is 0. The Labute approximate surface area is 114 Å². The first-order valence-electron chi connectivity index (χ1n) is 6.03. The standard InChI is InChI=1S/C15H13F4N/c1-8-4-13(18)10(7-12(8)17)15(20)6-9-2-3-11(16)14(19)5-9/h2-5,7,15H,6,20H2,1H3. The smallest absolute Gasteiger partial charge is 0.159 e. The predicted molar refractivity (Wildman–Crippen MR) is 68.1 cm³/mol. The minimum absolute atomic E-state index is 0.0119. The van der Waals surface area contributed by atoms with Crippen LogP contribution in [0.4, 0.5) is 17.6 Å². The van der Waals surface area contributed by atoms with E-state index in [-0.39, 0.29) is 17.5 Å². The Morgan fingerprint density at radius 1 is 0.900 bits per heavy atom. The average molecular weight is 283 g/mol. The molecule has 20 heavy (non-hydrogen) atoms. The van der Waals surface area contributed by atoms with Crippen molar-refractivity contribution in [1.82, 2.24) is 0 Å². The van der Waals surface area contributed by atoms with Crippen LogP contribution < -0.4 is 5.73 Å². The van der Waals surface area contributed by atoms with Crippen LogP contribution in [0.15, 0.2) is 30.3 Å². The molecule has 1 unspecified atom stereocenters. The van der Waals surface area contributed by atoms with Crippen molar-refractivity contribution in [1.29, 1.82) is 0 Å². The average Bonchev–Trinajstić information content (AvgIpc) is 2.38. The zero-order valence-electron chi connectivity index (χ0n) is 10.8. The Bertz CT molecular complexity index is 640. The van der Waals surface area contributed by atoms with Gasteiger partial charge < -0.3 is 5.73 Å². The van der Waals surface area contributed by atoms with Gasteiger partial charge in [-0.15, -0.1) is 0 Å². The fraction of sp³-hybridized carbons (Fsp3) is 0.200. The van der Waals surface area contributed by atoms with E-state index in [9.17, 15) is 17.6 Å². The van der Waals surface area contributed by atoms with Gasteiger partial charge in [-0.05, 0) is 48.7 Å². The van der Waals surface area contributed by atoms with Gasteiger partial charge in [-0.25, -0.2) is 17.6 Å². The lowest BCUT2D eigenvalue weighted by Gasteiger charge is -2.14. The van der Waals surface area contributed by atoms with Crippen LogP contribution >= 0.6 is 0 Å². The number of hydrogen-bond acceptors (Lipinski definition) is 1. The van der Waals surface area contributed by atoms with Gasteiger partial charge in [0.05, 0.1) is 0 Å². The predicted octanol–water partition coefficient (Wildman–Crippen LogP) is 3.79. The molecular formula is C15H13F4N. The monoisotopic (exact) mass is 283 g/mol. The van der Waals surface area contributed by atoms with Gasteiger partial charge in [0.25, 0.3) is 0 Å². The highest BCUT2D eigenvalue weighted by molar-refractivity contribution is 5.29. The molecule has 1 atom stereocenters. The summed E-state index contributed by atoms with van der Waals surface area (Å²) in [7, 11) is 0. The van der Waals surface area contributed by atoms with Gasteiger partial charge in [0.1, 0.15) is 11.6 Å². The third kappa shape index (κ3) is 2.99. The maximum absolute atomic E-state index is 13.7. The first-order valence-corrected chi connectivity index (χ1v) is 6.03. The number of hydrogen-bond donors (Lipinski definition) is 1. The van der Waals surface area contributed by atoms with E-state index in [0.717, 1.165) is 24.3 Å². The lowest BCUT2D eigenvalue weighted by Crippen LogP contribution is -2.16. The number of aryl methyl sites for hydroxylation is 1. The molecule has 2 aromatic rings. The van der Waals surface area contributed by atoms with Crippen molar-refractivity contribution in [3.63, 3.8) is 0 Å². The van der Waals surface area contributed by atoms with Crippen molar-refractivity contribution in [2.45, 2.75) is 19.4 Å². The molecule has 5 heteroatoms. The molecule has 0 saturated heterocycles. The number of benzene rings is 2. The molecule has 0 aromatic heterocycles. The minimum Gasteiger partial charge on any atom is -0.324 e. The fourth-order valence-electron chi connectivity index (χ4n) is 1.98. The van der Waals surface area contributed by atoms with Gasteiger partial charge in [-0.3, -0.25) is 0 Å². The third-order valence-corrected chi connectivity index (χ3v) is 3.12. The second-order valence-corrected chi connectivity index (χ2v) is 4.68. The van der Waals surface area contributed by atoms with Gasteiger partial charge in [0.2, 0.25) is 0 Å². The molecule has 0 spiro atoms. The molecular weight excluding hydrogens is 270 g/mol. The Morgan fingerprint density at radius 2 is 1.60 bits per heavy atom. The molecule has 0 radical (unpaired) electrons. The highest BCUT2D eigenvalue weighted by Crippen LogP contribution is 2.23. The maximum Gasteiger partial charge on any atom is 0.159 e. The molecule has 2 aromatic carbocycles. The quantitative estimate of drug-likeness (QED) is 0.852. The molecule has 0 saturated carbocycles. The molecule has 0 aliphatic rings. The van der Waals surface area contributed by atoms with Crippen molar-refractivity contribution in [3.05, 3.63) is 70.3 Å². The second-order valence-electron chi connectivity index (χ2n) is 4.68. The lowest BCUT2D eigenvalue weighted by molar-refractivity contribution is 0.505. The van der Waals surface area contributed by atoms with Gasteiger partial charge in [0, 0.05) is 11.6 Å². The van der Waals surface area contributed by atoms with Crippen molar-refractivity contribution in [3.8, 4) is 0 Å². The highest BCUT2D eigenvalue weighted by atomic mass is 19.2. The van der Waals surface area contributed by atoms with E-state index in [0.29, 0.717) is 5.56 Å². The first kappa shape index (κ1) is 14.5. The highest BCUT2D eigenvalue weighted by Gasteiger charge is 2.15. The summed E-state index contributed by atoms with van der Waals surface area (Å²) < 4.78 is 53.1. The van der Waals surface area contributed by atoms with E-state index in [1.54, 1.807) is 0 Å². The van der Waals surface area contributed by atoms with E-state index in [2.05, 4.69) is 0 Å². The van der Waals surface area contributed by atoms with Crippen LogP contribution in [0.3, 0.4) is 0 Å². The van der Waals surface area contributed by atoms with Crippen LogP contribution in [0.5, 0.6) is 0 Å². The second kappa shape index (κ2) is 5.63. The van der Waals surface area contributed by atoms with E-state index < -0.39 is 29.3 Å². The molecule has 0 amide bonds. The third-order valence-electron chi connectivity index (χ3n) is 3.12. The van der Waals surface area contributed by atoms with Crippen LogP contribution in [0, 0.1) is 30.2 Å². The minimum atomic E-state index is -0.995. The van der Waals surface area contributed by atoms with E-state index in [4.69, 9.17) is 5.73 Å². The SMILES string of the molecule is Cc1cc(F)c(C(N)Cc2ccc(F)c(F)c2)cc1F. The summed E-state index contributed by atoms with van der Waals surface area (Å²) >= 11 is 0. The molecule has 1 nitrogen and oxygen atoms in total. The van der Waals surface area contributed by atoms with Gasteiger partial charge in [-0.2, -0.15) is 0 Å². The molecule has 2 rings (SSSR count). The summed E-state index contributed by atoms with van der Waals surface area (Å²) in [5.74, 6) is -3.12. The summed E-state index contributed by atoms with van der Waals surface area (Å²) in [5, 5.41) is 0. The van der Waals surface area contributed by atoms with E-state index in [1.165, 1.54) is 13.0 Å². The number of rotatable bonds is 3. The van der Waals surface area contributed by atoms with E-state index in [1.807, 2.05) is 0 Å². The molecule has 106 valence electrons. The van der Waals surface area contributed by atoms with E-state index >= 15 is 0 Å². The van der Waals surface area contributed by atoms with Crippen LogP contribution in [0.2, 0.25) is 0 Å². The summed E-state index contributed by atoms with van der Waals surface area (Å²) in [6, 6.07) is 4.60. The Hall–Kier alpha value is -1.88. The molecule has 0 fully saturated rings. The Kier molecular flexibility index (Phi) is 4.09. The fourth-order valence-corrected chi connectivity index (χ4v) is 1.98. The summed E-state index contributed by atoms with van der Waals surface area (Å²) in [6.07, 6.45) is 0.0800. The topological polar surface area (TPSA) is 26.0 Å². The Balaban J connectivity index is 2.25. The largest absolute Gasteiger partial charge is 0.324 e. The van der Waals surface area contributed by atoms with Crippen LogP contribution in [-0.4, -0.2) is 0 Å².